The van der Waals surface area contributed by atoms with Gasteiger partial charge in [-0.3, -0.25) is 0 Å². The molecule has 10 heteroatoms. The fourth-order valence-corrected chi connectivity index (χ4v) is 6.01. The summed E-state index contributed by atoms with van der Waals surface area (Å²) in [6.07, 6.45) is 8.45. The number of ether oxygens (including phenoxy) is 1. The highest BCUT2D eigenvalue weighted by Crippen LogP contribution is 2.41. The maximum absolute atomic E-state index is 15.1. The Balaban J connectivity index is 1.64. The lowest BCUT2D eigenvalue weighted by atomic mass is 9.74. The lowest BCUT2D eigenvalue weighted by Gasteiger charge is -2.43. The number of hydrogen-bond acceptors (Lipinski definition) is 5. The van der Waals surface area contributed by atoms with Crippen LogP contribution >= 0.6 is 11.6 Å². The lowest BCUT2D eigenvalue weighted by Crippen LogP contribution is -2.52. The first kappa shape index (κ1) is 29.5. The first-order valence-corrected chi connectivity index (χ1v) is 13.9. The largest absolute Gasteiger partial charge is 0.453 e. The topological polar surface area (TPSA) is 117 Å². The predicted molar refractivity (Wildman–Crippen MR) is 142 cm³/mol. The number of nitrogens with one attached hydrogen (secondary N) is 2. The quantitative estimate of drug-likeness (QED) is 0.325. The van der Waals surface area contributed by atoms with Crippen molar-refractivity contribution < 1.29 is 23.8 Å². The summed E-state index contributed by atoms with van der Waals surface area (Å²) in [5, 5.41) is 17.4. The number of halogens is 2. The van der Waals surface area contributed by atoms with Crippen molar-refractivity contribution in [3.8, 4) is 0 Å². The second kappa shape index (κ2) is 14.2. The molecule has 37 heavy (non-hydrogen) atoms. The van der Waals surface area contributed by atoms with Gasteiger partial charge in [-0.15, -0.1) is 0 Å². The van der Waals surface area contributed by atoms with Gasteiger partial charge in [0.1, 0.15) is 5.82 Å². The fourth-order valence-electron chi connectivity index (χ4n) is 5.83. The summed E-state index contributed by atoms with van der Waals surface area (Å²) in [7, 11) is 1.28. The molecule has 1 aliphatic heterocycles. The third kappa shape index (κ3) is 8.19. The molecule has 2 aliphatic rings. The van der Waals surface area contributed by atoms with E-state index in [1.165, 1.54) is 51.3 Å². The van der Waals surface area contributed by atoms with Gasteiger partial charge in [0.25, 0.3) is 0 Å². The molecule has 0 radical (unpaired) electrons. The molecule has 0 spiro atoms. The highest BCUT2D eigenvalue weighted by atomic mass is 35.5. The van der Waals surface area contributed by atoms with Crippen LogP contribution in [-0.4, -0.2) is 61.5 Å². The zero-order valence-electron chi connectivity index (χ0n) is 21.8. The van der Waals surface area contributed by atoms with Crippen molar-refractivity contribution in [1.29, 1.82) is 0 Å². The molecule has 1 aromatic rings. The fraction of sp³-hybridized carbons (Fsp3) is 0.704. The Morgan fingerprint density at radius 3 is 2.73 bits per heavy atom. The van der Waals surface area contributed by atoms with Gasteiger partial charge in [0.2, 0.25) is 0 Å². The van der Waals surface area contributed by atoms with Crippen molar-refractivity contribution in [3.05, 3.63) is 34.6 Å². The van der Waals surface area contributed by atoms with E-state index in [1.54, 1.807) is 11.0 Å². The Kier molecular flexibility index (Phi) is 11.3. The molecule has 0 aromatic heterocycles. The predicted octanol–water partition coefficient (Wildman–Crippen LogP) is 4.52. The SMILES string of the molecule is COC(=O)NCCCC(O)(c1cccc(Cl)c1F)C1CCCN(C(=O)NCC(N)CC2CCCCC2)C1. The summed E-state index contributed by atoms with van der Waals surface area (Å²) in [4.78, 5) is 26.1. The molecule has 208 valence electrons. The Morgan fingerprint density at radius 2 is 2.00 bits per heavy atom. The molecule has 1 aromatic carbocycles. The Bertz CT molecular complexity index is 901. The van der Waals surface area contributed by atoms with Gasteiger partial charge < -0.3 is 31.1 Å². The van der Waals surface area contributed by atoms with Gasteiger partial charge in [-0.05, 0) is 44.1 Å². The van der Waals surface area contributed by atoms with Gasteiger partial charge in [0.15, 0.2) is 0 Å². The number of piperidine rings is 1. The molecular formula is C27H42ClFN4O4. The van der Waals surface area contributed by atoms with Crippen LogP contribution < -0.4 is 16.4 Å². The van der Waals surface area contributed by atoms with Crippen molar-refractivity contribution in [3.63, 3.8) is 0 Å². The number of nitrogens with zero attached hydrogens (tertiary/aromatic N) is 1. The van der Waals surface area contributed by atoms with Crippen LogP contribution in [0.15, 0.2) is 18.2 Å². The average Bonchev–Trinajstić information content (AvgIpc) is 2.91. The number of aliphatic hydroxyl groups is 1. The first-order chi connectivity index (χ1) is 17.7. The van der Waals surface area contributed by atoms with Gasteiger partial charge in [0, 0.05) is 43.7 Å². The number of likely N-dealkylation sites (tertiary alicyclic amines) is 1. The Labute approximate surface area is 224 Å². The minimum absolute atomic E-state index is 0.0685. The standard InChI is InChI=1S/C27H42ClFN4O4/c1-37-26(35)31-14-7-13-27(36,22-11-5-12-23(28)24(22)29)20-10-6-15-33(18-20)25(34)32-17-21(30)16-19-8-3-2-4-9-19/h5,11-12,19-21,36H,2-4,6-10,13-18,30H2,1H3,(H,31,35)(H,32,34). The van der Waals surface area contributed by atoms with Crippen LogP contribution in [-0.2, 0) is 10.3 Å². The molecule has 0 bridgehead atoms. The van der Waals surface area contributed by atoms with Gasteiger partial charge in [-0.25, -0.2) is 14.0 Å². The van der Waals surface area contributed by atoms with E-state index in [-0.39, 0.29) is 42.2 Å². The molecule has 5 N–H and O–H groups in total. The highest BCUT2D eigenvalue weighted by molar-refractivity contribution is 6.30. The minimum atomic E-state index is -1.57. The smallest absolute Gasteiger partial charge is 0.406 e. The molecule has 3 unspecified atom stereocenters. The normalized spacial score (nSPS) is 21.1. The summed E-state index contributed by atoms with van der Waals surface area (Å²) in [5.41, 5.74) is 4.86. The molecule has 1 aliphatic carbocycles. The first-order valence-electron chi connectivity index (χ1n) is 13.5. The number of nitrogens with two attached hydrogens (primary N) is 1. The molecule has 3 atom stereocenters. The summed E-state index contributed by atoms with van der Waals surface area (Å²) in [5.74, 6) is -0.437. The zero-order chi connectivity index (χ0) is 26.8. The van der Waals surface area contributed by atoms with Gasteiger partial charge in [-0.1, -0.05) is 55.8 Å². The van der Waals surface area contributed by atoms with Crippen molar-refractivity contribution in [2.24, 2.45) is 17.6 Å². The second-order valence-corrected chi connectivity index (χ2v) is 10.9. The second-order valence-electron chi connectivity index (χ2n) is 10.5. The molecule has 3 amide bonds. The summed E-state index contributed by atoms with van der Waals surface area (Å²) in [6.45, 7) is 1.49. The van der Waals surface area contributed by atoms with E-state index in [0.29, 0.717) is 38.3 Å². The van der Waals surface area contributed by atoms with Gasteiger partial charge >= 0.3 is 12.1 Å². The van der Waals surface area contributed by atoms with E-state index >= 15 is 4.39 Å². The number of hydrogen-bond donors (Lipinski definition) is 4. The third-order valence-electron chi connectivity index (χ3n) is 7.87. The number of alkyl carbamates (subject to hydrolysis) is 1. The number of urea groups is 1. The monoisotopic (exact) mass is 540 g/mol. The van der Waals surface area contributed by atoms with Crippen molar-refractivity contribution >= 4 is 23.7 Å². The Hall–Kier alpha value is -2.10. The number of carbonyl (C=O) groups is 2. The van der Waals surface area contributed by atoms with Crippen molar-refractivity contribution in [2.45, 2.75) is 75.9 Å². The number of methoxy groups -OCH3 is 1. The highest BCUT2D eigenvalue weighted by Gasteiger charge is 2.43. The molecule has 3 rings (SSSR count). The zero-order valence-corrected chi connectivity index (χ0v) is 22.6. The van der Waals surface area contributed by atoms with E-state index in [1.807, 2.05) is 0 Å². The van der Waals surface area contributed by atoms with E-state index < -0.39 is 23.4 Å². The van der Waals surface area contributed by atoms with E-state index in [9.17, 15) is 14.7 Å². The van der Waals surface area contributed by atoms with Crippen molar-refractivity contribution in [1.82, 2.24) is 15.5 Å². The van der Waals surface area contributed by atoms with Crippen LogP contribution in [0.3, 0.4) is 0 Å². The van der Waals surface area contributed by atoms with Crippen LogP contribution in [0.5, 0.6) is 0 Å². The van der Waals surface area contributed by atoms with E-state index in [2.05, 4.69) is 15.4 Å². The molecule has 1 saturated heterocycles. The minimum Gasteiger partial charge on any atom is -0.453 e. The van der Waals surface area contributed by atoms with Crippen LogP contribution in [0, 0.1) is 17.7 Å². The van der Waals surface area contributed by atoms with Crippen LogP contribution in [0.1, 0.15) is 69.8 Å². The number of amides is 3. The number of carbonyl (C=O) groups excluding carboxylic acids is 2. The number of benzene rings is 1. The Morgan fingerprint density at radius 1 is 1.24 bits per heavy atom. The third-order valence-corrected chi connectivity index (χ3v) is 8.16. The molecular weight excluding hydrogens is 499 g/mol. The number of rotatable bonds is 10. The maximum Gasteiger partial charge on any atom is 0.406 e. The molecule has 1 saturated carbocycles. The van der Waals surface area contributed by atoms with Crippen LogP contribution in [0.25, 0.3) is 0 Å². The summed E-state index contributed by atoms with van der Waals surface area (Å²) >= 11 is 6.05. The lowest BCUT2D eigenvalue weighted by molar-refractivity contribution is -0.0575. The summed E-state index contributed by atoms with van der Waals surface area (Å²) in [6, 6.07) is 4.28. The summed E-state index contributed by atoms with van der Waals surface area (Å²) < 4.78 is 19.7. The average molecular weight is 541 g/mol. The molecule has 8 nitrogen and oxygen atoms in total. The van der Waals surface area contributed by atoms with E-state index in [0.717, 1.165) is 6.42 Å². The maximum atomic E-state index is 15.1. The van der Waals surface area contributed by atoms with Crippen molar-refractivity contribution in [2.75, 3.05) is 33.3 Å². The van der Waals surface area contributed by atoms with Crippen LogP contribution in [0.2, 0.25) is 5.02 Å². The van der Waals surface area contributed by atoms with Gasteiger partial charge in [0.05, 0.1) is 17.7 Å². The van der Waals surface area contributed by atoms with Crippen LogP contribution in [0.4, 0.5) is 14.0 Å². The van der Waals surface area contributed by atoms with E-state index in [4.69, 9.17) is 17.3 Å². The molecule has 1 heterocycles. The molecule has 2 fully saturated rings. The van der Waals surface area contributed by atoms with Gasteiger partial charge in [-0.2, -0.15) is 0 Å².